The monoisotopic (exact) mass is 220 g/mol. The van der Waals surface area contributed by atoms with E-state index < -0.39 is 0 Å². The van der Waals surface area contributed by atoms with E-state index in [1.807, 2.05) is 41.5 Å². The fraction of sp³-hybridized carbons (Fsp3) is 0.429. The van der Waals surface area contributed by atoms with E-state index in [1.54, 1.807) is 6.26 Å². The van der Waals surface area contributed by atoms with Crippen molar-refractivity contribution in [3.05, 3.63) is 28.5 Å². The average Bonchev–Trinajstić information content (AvgIpc) is 2.68. The van der Waals surface area contributed by atoms with Gasteiger partial charge in [-0.3, -0.25) is 0 Å². The van der Waals surface area contributed by atoms with E-state index in [0.717, 1.165) is 33.2 Å². The normalized spacial score (nSPS) is 10.1. The molecule has 88 valence electrons. The largest absolute Gasteiger partial charge is 0.507 e. The third-order valence-corrected chi connectivity index (χ3v) is 2.96. The second-order valence-corrected chi connectivity index (χ2v) is 3.85. The van der Waals surface area contributed by atoms with E-state index in [0.29, 0.717) is 5.75 Å². The maximum absolute atomic E-state index is 9.89. The molecule has 1 N–H and O–H groups in total. The average molecular weight is 220 g/mol. The van der Waals surface area contributed by atoms with Crippen molar-refractivity contribution in [1.29, 1.82) is 0 Å². The molecule has 1 aromatic carbocycles. The lowest BCUT2D eigenvalue weighted by atomic mass is 9.99. The summed E-state index contributed by atoms with van der Waals surface area (Å²) in [5.74, 6) is 0.388. The van der Waals surface area contributed by atoms with Crippen LogP contribution in [0.4, 0.5) is 0 Å². The summed E-state index contributed by atoms with van der Waals surface area (Å²) in [5.41, 5.74) is 4.82. The molecule has 0 radical (unpaired) electrons. The summed E-state index contributed by atoms with van der Waals surface area (Å²) in [6.07, 6.45) is 1.74. The van der Waals surface area contributed by atoms with Gasteiger partial charge >= 0.3 is 0 Å². The van der Waals surface area contributed by atoms with Gasteiger partial charge < -0.3 is 9.52 Å². The highest BCUT2D eigenvalue weighted by Crippen LogP contribution is 2.36. The minimum absolute atomic E-state index is 0.388. The van der Waals surface area contributed by atoms with Crippen LogP contribution in [0.1, 0.15) is 36.1 Å². The smallest absolute Gasteiger partial charge is 0.137 e. The van der Waals surface area contributed by atoms with Gasteiger partial charge in [-0.25, -0.2) is 0 Å². The zero-order valence-electron chi connectivity index (χ0n) is 10.9. The topological polar surface area (TPSA) is 33.4 Å². The highest BCUT2D eigenvalue weighted by atomic mass is 16.3. The Bertz CT molecular complexity index is 507. The zero-order valence-corrected chi connectivity index (χ0v) is 10.9. The van der Waals surface area contributed by atoms with Gasteiger partial charge in [0.25, 0.3) is 0 Å². The van der Waals surface area contributed by atoms with E-state index in [4.69, 9.17) is 4.42 Å². The van der Waals surface area contributed by atoms with Crippen LogP contribution < -0.4 is 0 Å². The van der Waals surface area contributed by atoms with Crippen LogP contribution in [0.15, 0.2) is 10.7 Å². The van der Waals surface area contributed by atoms with Gasteiger partial charge in [-0.1, -0.05) is 13.8 Å². The number of aromatic hydroxyl groups is 1. The first-order valence-electron chi connectivity index (χ1n) is 5.70. The van der Waals surface area contributed by atoms with Crippen LogP contribution in [-0.2, 0) is 0 Å². The second kappa shape index (κ2) is 4.60. The van der Waals surface area contributed by atoms with Gasteiger partial charge in [0.1, 0.15) is 11.3 Å². The summed E-state index contributed by atoms with van der Waals surface area (Å²) in [4.78, 5) is 0. The predicted molar refractivity (Wildman–Crippen MR) is 68.2 cm³/mol. The number of hydrogen-bond donors (Lipinski definition) is 1. The highest BCUT2D eigenvalue weighted by molar-refractivity contribution is 5.90. The summed E-state index contributed by atoms with van der Waals surface area (Å²) in [6.45, 7) is 11.8. The van der Waals surface area contributed by atoms with Gasteiger partial charge in [0.2, 0.25) is 0 Å². The molecule has 0 atom stereocenters. The fourth-order valence-electron chi connectivity index (χ4n) is 1.93. The van der Waals surface area contributed by atoms with Crippen molar-refractivity contribution in [2.75, 3.05) is 0 Å². The summed E-state index contributed by atoms with van der Waals surface area (Å²) in [6, 6.07) is 0. The van der Waals surface area contributed by atoms with E-state index in [2.05, 4.69) is 0 Å². The van der Waals surface area contributed by atoms with Crippen molar-refractivity contribution < 1.29 is 9.52 Å². The Morgan fingerprint density at radius 3 is 2.06 bits per heavy atom. The van der Waals surface area contributed by atoms with Crippen LogP contribution in [0.5, 0.6) is 5.75 Å². The van der Waals surface area contributed by atoms with Crippen molar-refractivity contribution >= 4 is 11.0 Å². The number of furan rings is 1. The van der Waals surface area contributed by atoms with Crippen LogP contribution in [0.25, 0.3) is 11.0 Å². The lowest BCUT2D eigenvalue weighted by Gasteiger charge is -2.08. The number of rotatable bonds is 0. The van der Waals surface area contributed by atoms with Gasteiger partial charge in [0, 0.05) is 10.9 Å². The fourth-order valence-corrected chi connectivity index (χ4v) is 1.93. The molecule has 2 rings (SSSR count). The molecular weight excluding hydrogens is 200 g/mol. The first-order chi connectivity index (χ1) is 7.54. The molecule has 2 heteroatoms. The lowest BCUT2D eigenvalue weighted by molar-refractivity contribution is 0.467. The molecule has 1 aromatic heterocycles. The molecule has 0 saturated heterocycles. The summed E-state index contributed by atoms with van der Waals surface area (Å²) in [7, 11) is 0. The molecule has 0 unspecified atom stereocenters. The molecular formula is C14H20O2. The lowest BCUT2D eigenvalue weighted by Crippen LogP contribution is -1.88. The quantitative estimate of drug-likeness (QED) is 0.714. The van der Waals surface area contributed by atoms with Crippen LogP contribution in [0.2, 0.25) is 0 Å². The maximum atomic E-state index is 9.89. The third kappa shape index (κ3) is 1.69. The molecule has 0 bridgehead atoms. The minimum atomic E-state index is 0.388. The Morgan fingerprint density at radius 2 is 1.50 bits per heavy atom. The van der Waals surface area contributed by atoms with Crippen molar-refractivity contribution in [3.8, 4) is 5.75 Å². The van der Waals surface area contributed by atoms with Gasteiger partial charge in [-0.05, 0) is 44.4 Å². The van der Waals surface area contributed by atoms with Gasteiger partial charge in [0.15, 0.2) is 0 Å². The standard InChI is InChI=1S/C12H14O2.C2H6/c1-6-5-14-12-8(3)7(2)11(13)9(4)10(6)12;1-2/h5,13H,1-4H3;1-2H3. The van der Waals surface area contributed by atoms with E-state index in [9.17, 15) is 5.11 Å². The van der Waals surface area contributed by atoms with Crippen molar-refractivity contribution in [1.82, 2.24) is 0 Å². The van der Waals surface area contributed by atoms with Crippen LogP contribution in [-0.4, -0.2) is 5.11 Å². The molecule has 0 saturated carbocycles. The number of benzene rings is 1. The number of aryl methyl sites for hydroxylation is 3. The zero-order chi connectivity index (χ0) is 12.5. The van der Waals surface area contributed by atoms with Gasteiger partial charge in [-0.2, -0.15) is 0 Å². The summed E-state index contributed by atoms with van der Waals surface area (Å²) in [5, 5.41) is 10.9. The first kappa shape index (κ1) is 12.6. The molecule has 0 aliphatic rings. The van der Waals surface area contributed by atoms with E-state index in [-0.39, 0.29) is 0 Å². The number of phenols is 1. The van der Waals surface area contributed by atoms with E-state index >= 15 is 0 Å². The number of hydrogen-bond acceptors (Lipinski definition) is 2. The highest BCUT2D eigenvalue weighted by Gasteiger charge is 2.15. The molecule has 2 nitrogen and oxygen atoms in total. The third-order valence-electron chi connectivity index (χ3n) is 2.96. The van der Waals surface area contributed by atoms with Crippen molar-refractivity contribution in [2.24, 2.45) is 0 Å². The Kier molecular flexibility index (Phi) is 3.63. The molecule has 16 heavy (non-hydrogen) atoms. The van der Waals surface area contributed by atoms with Gasteiger partial charge in [0.05, 0.1) is 6.26 Å². The van der Waals surface area contributed by atoms with Crippen LogP contribution >= 0.6 is 0 Å². The Hall–Kier alpha value is -1.44. The Balaban J connectivity index is 0.000000606. The molecule has 0 spiro atoms. The molecule has 0 amide bonds. The number of phenolic OH excluding ortho intramolecular Hbond substituents is 1. The van der Waals surface area contributed by atoms with Crippen LogP contribution in [0.3, 0.4) is 0 Å². The van der Waals surface area contributed by atoms with Crippen molar-refractivity contribution in [3.63, 3.8) is 0 Å². The minimum Gasteiger partial charge on any atom is -0.507 e. The molecule has 0 fully saturated rings. The second-order valence-electron chi connectivity index (χ2n) is 3.85. The first-order valence-corrected chi connectivity index (χ1v) is 5.70. The Labute approximate surface area is 96.9 Å². The predicted octanol–water partition coefficient (Wildman–Crippen LogP) is 4.40. The SMILES string of the molecule is CC.Cc1c(O)c(C)c2c(C)coc2c1C. The molecule has 0 aliphatic carbocycles. The van der Waals surface area contributed by atoms with Crippen LogP contribution in [0, 0.1) is 27.7 Å². The molecule has 0 aliphatic heterocycles. The molecule has 2 aromatic rings. The maximum Gasteiger partial charge on any atom is 0.137 e. The summed E-state index contributed by atoms with van der Waals surface area (Å²) >= 11 is 0. The van der Waals surface area contributed by atoms with Gasteiger partial charge in [-0.15, -0.1) is 0 Å². The molecule has 1 heterocycles. The number of fused-ring (bicyclic) bond motifs is 1. The van der Waals surface area contributed by atoms with Crippen molar-refractivity contribution in [2.45, 2.75) is 41.5 Å². The van der Waals surface area contributed by atoms with E-state index in [1.165, 1.54) is 0 Å². The summed E-state index contributed by atoms with van der Waals surface area (Å²) < 4.78 is 5.48. The Morgan fingerprint density at radius 1 is 0.938 bits per heavy atom.